The SMILES string of the molecule is Cc1cc(F)ccc1C(N)[C@H]1CCC(=O)N1CCSc1nc(C(=O)O)cs1. The van der Waals surface area contributed by atoms with Gasteiger partial charge in [-0.25, -0.2) is 14.2 Å². The molecule has 9 heteroatoms. The van der Waals surface area contributed by atoms with Gasteiger partial charge in [0.25, 0.3) is 0 Å². The summed E-state index contributed by atoms with van der Waals surface area (Å²) in [4.78, 5) is 29.0. The van der Waals surface area contributed by atoms with E-state index in [0.29, 0.717) is 29.5 Å². The fraction of sp³-hybridized carbons (Fsp3) is 0.389. The number of carbonyl (C=O) groups excluding carboxylic acids is 1. The van der Waals surface area contributed by atoms with Crippen molar-refractivity contribution >= 4 is 35.0 Å². The molecule has 2 aromatic rings. The molecular weight excluding hydrogens is 389 g/mol. The molecule has 27 heavy (non-hydrogen) atoms. The molecule has 0 bridgehead atoms. The standard InChI is InChI=1S/C18H20FN3O3S2/c1-10-8-11(19)2-3-12(10)16(20)14-4-5-15(23)22(14)6-7-26-18-21-13(9-27-18)17(24)25/h2-3,8-9,14,16H,4-7,20H2,1H3,(H,24,25)/t14-,16?/m1/s1. The van der Waals surface area contributed by atoms with E-state index in [2.05, 4.69) is 4.98 Å². The third kappa shape index (κ3) is 4.48. The van der Waals surface area contributed by atoms with E-state index in [9.17, 15) is 14.0 Å². The van der Waals surface area contributed by atoms with Crippen LogP contribution in [0.25, 0.3) is 0 Å². The number of benzene rings is 1. The number of nitrogens with two attached hydrogens (primary N) is 1. The van der Waals surface area contributed by atoms with Gasteiger partial charge in [-0.15, -0.1) is 11.3 Å². The number of aromatic carboxylic acids is 1. The number of likely N-dealkylation sites (tertiary alicyclic amines) is 1. The Morgan fingerprint density at radius 3 is 3.00 bits per heavy atom. The summed E-state index contributed by atoms with van der Waals surface area (Å²) in [5.74, 6) is -0.692. The summed E-state index contributed by atoms with van der Waals surface area (Å²) in [6.07, 6.45) is 1.12. The summed E-state index contributed by atoms with van der Waals surface area (Å²) in [6.45, 7) is 2.32. The molecule has 0 aliphatic carbocycles. The first-order chi connectivity index (χ1) is 12.9. The Bertz CT molecular complexity index is 858. The van der Waals surface area contributed by atoms with E-state index in [-0.39, 0.29) is 29.5 Å². The number of hydrogen-bond donors (Lipinski definition) is 2. The third-order valence-corrected chi connectivity index (χ3v) is 6.64. The van der Waals surface area contributed by atoms with Crippen LogP contribution >= 0.6 is 23.1 Å². The fourth-order valence-corrected chi connectivity index (χ4v) is 5.10. The molecule has 1 aromatic heterocycles. The van der Waals surface area contributed by atoms with Gasteiger partial charge in [0.05, 0.1) is 12.1 Å². The highest BCUT2D eigenvalue weighted by Crippen LogP contribution is 2.31. The normalized spacial score (nSPS) is 18.1. The maximum absolute atomic E-state index is 13.4. The summed E-state index contributed by atoms with van der Waals surface area (Å²) in [7, 11) is 0. The molecule has 1 aromatic carbocycles. The molecule has 3 rings (SSSR count). The van der Waals surface area contributed by atoms with Crippen LogP contribution in [-0.2, 0) is 4.79 Å². The Morgan fingerprint density at radius 2 is 2.33 bits per heavy atom. The molecule has 2 atom stereocenters. The Morgan fingerprint density at radius 1 is 1.56 bits per heavy atom. The summed E-state index contributed by atoms with van der Waals surface area (Å²) >= 11 is 2.70. The molecule has 2 heterocycles. The van der Waals surface area contributed by atoms with Crippen molar-refractivity contribution in [2.45, 2.75) is 36.2 Å². The van der Waals surface area contributed by atoms with E-state index >= 15 is 0 Å². The van der Waals surface area contributed by atoms with Gasteiger partial charge in [0, 0.05) is 24.1 Å². The lowest BCUT2D eigenvalue weighted by Crippen LogP contribution is -2.41. The van der Waals surface area contributed by atoms with Crippen molar-refractivity contribution in [3.05, 3.63) is 46.2 Å². The smallest absolute Gasteiger partial charge is 0.355 e. The number of thioether (sulfide) groups is 1. The number of carboxylic acid groups (broad SMARTS) is 1. The molecule has 0 saturated carbocycles. The highest BCUT2D eigenvalue weighted by atomic mass is 32.2. The topological polar surface area (TPSA) is 96.5 Å². The van der Waals surface area contributed by atoms with Crippen LogP contribution in [-0.4, -0.2) is 45.2 Å². The van der Waals surface area contributed by atoms with Gasteiger partial charge in [0.1, 0.15) is 5.82 Å². The Hall–Kier alpha value is -1.97. The molecule has 1 saturated heterocycles. The molecular formula is C18H20FN3O3S2. The Labute approximate surface area is 164 Å². The van der Waals surface area contributed by atoms with Crippen molar-refractivity contribution in [2.24, 2.45) is 5.73 Å². The maximum atomic E-state index is 13.4. The first kappa shape index (κ1) is 19.8. The van der Waals surface area contributed by atoms with E-state index in [1.807, 2.05) is 6.92 Å². The highest BCUT2D eigenvalue weighted by molar-refractivity contribution is 8.01. The predicted molar refractivity (Wildman–Crippen MR) is 103 cm³/mol. The van der Waals surface area contributed by atoms with Crippen LogP contribution in [0.15, 0.2) is 27.9 Å². The molecule has 1 amide bonds. The number of hydrogen-bond acceptors (Lipinski definition) is 6. The number of carboxylic acids is 1. The van der Waals surface area contributed by atoms with Crippen LogP contribution in [0.3, 0.4) is 0 Å². The minimum absolute atomic E-state index is 0.0337. The zero-order chi connectivity index (χ0) is 19.6. The van der Waals surface area contributed by atoms with Crippen molar-refractivity contribution in [1.29, 1.82) is 0 Å². The number of amides is 1. The fourth-order valence-electron chi connectivity index (χ4n) is 3.29. The minimum atomic E-state index is -1.05. The van der Waals surface area contributed by atoms with Crippen molar-refractivity contribution in [1.82, 2.24) is 9.88 Å². The number of halogens is 1. The summed E-state index contributed by atoms with van der Waals surface area (Å²) in [5, 5.41) is 10.4. The van der Waals surface area contributed by atoms with Gasteiger partial charge in [-0.2, -0.15) is 0 Å². The van der Waals surface area contributed by atoms with Gasteiger partial charge in [0.2, 0.25) is 5.91 Å². The zero-order valence-electron chi connectivity index (χ0n) is 14.7. The van der Waals surface area contributed by atoms with E-state index < -0.39 is 5.97 Å². The summed E-state index contributed by atoms with van der Waals surface area (Å²) < 4.78 is 14.0. The van der Waals surface area contributed by atoms with Gasteiger partial charge in [-0.1, -0.05) is 17.8 Å². The first-order valence-corrected chi connectivity index (χ1v) is 10.4. The van der Waals surface area contributed by atoms with Crippen LogP contribution in [0.5, 0.6) is 0 Å². The lowest BCUT2D eigenvalue weighted by Gasteiger charge is -2.30. The number of thiazole rings is 1. The van der Waals surface area contributed by atoms with Crippen molar-refractivity contribution in [3.8, 4) is 0 Å². The molecule has 6 nitrogen and oxygen atoms in total. The molecule has 1 aliphatic rings. The van der Waals surface area contributed by atoms with E-state index in [4.69, 9.17) is 10.8 Å². The van der Waals surface area contributed by atoms with Crippen molar-refractivity contribution in [3.63, 3.8) is 0 Å². The lowest BCUT2D eigenvalue weighted by molar-refractivity contribution is -0.128. The van der Waals surface area contributed by atoms with Crippen LogP contribution < -0.4 is 5.73 Å². The lowest BCUT2D eigenvalue weighted by atomic mass is 9.94. The van der Waals surface area contributed by atoms with Crippen molar-refractivity contribution < 1.29 is 19.1 Å². The van der Waals surface area contributed by atoms with Gasteiger partial charge in [-0.05, 0) is 36.6 Å². The Kier molecular flexibility index (Phi) is 6.13. The molecule has 0 radical (unpaired) electrons. The van der Waals surface area contributed by atoms with Gasteiger partial charge in [0.15, 0.2) is 10.0 Å². The molecule has 1 unspecified atom stereocenters. The number of aromatic nitrogens is 1. The average molecular weight is 410 g/mol. The second-order valence-corrected chi connectivity index (χ2v) is 8.57. The zero-order valence-corrected chi connectivity index (χ0v) is 16.4. The molecule has 1 fully saturated rings. The molecule has 1 aliphatic heterocycles. The van der Waals surface area contributed by atoms with Crippen LogP contribution in [0.1, 0.15) is 40.5 Å². The van der Waals surface area contributed by atoms with Crippen LogP contribution in [0, 0.1) is 12.7 Å². The molecule has 3 N–H and O–H groups in total. The Balaban J connectivity index is 1.64. The average Bonchev–Trinajstić information content (AvgIpc) is 3.22. The van der Waals surface area contributed by atoms with E-state index in [0.717, 1.165) is 11.1 Å². The predicted octanol–water partition coefficient (Wildman–Crippen LogP) is 3.07. The quantitative estimate of drug-likeness (QED) is 0.682. The summed E-state index contributed by atoms with van der Waals surface area (Å²) in [6, 6.07) is 4.03. The molecule has 144 valence electrons. The second kappa shape index (κ2) is 8.37. The van der Waals surface area contributed by atoms with Gasteiger partial charge >= 0.3 is 5.97 Å². The number of carbonyl (C=O) groups is 2. The van der Waals surface area contributed by atoms with Gasteiger partial charge in [-0.3, -0.25) is 4.79 Å². The number of aryl methyl sites for hydroxylation is 1. The maximum Gasteiger partial charge on any atom is 0.355 e. The van der Waals surface area contributed by atoms with Crippen molar-refractivity contribution in [2.75, 3.05) is 12.3 Å². The van der Waals surface area contributed by atoms with Gasteiger partial charge < -0.3 is 15.7 Å². The number of rotatable bonds is 7. The van der Waals surface area contributed by atoms with Crippen LogP contribution in [0.4, 0.5) is 4.39 Å². The van der Waals surface area contributed by atoms with E-state index in [1.165, 1.54) is 40.6 Å². The monoisotopic (exact) mass is 409 g/mol. The largest absolute Gasteiger partial charge is 0.476 e. The minimum Gasteiger partial charge on any atom is -0.476 e. The second-order valence-electron chi connectivity index (χ2n) is 6.37. The van der Waals surface area contributed by atoms with E-state index in [1.54, 1.807) is 11.0 Å². The highest BCUT2D eigenvalue weighted by Gasteiger charge is 2.35. The summed E-state index contributed by atoms with van der Waals surface area (Å²) in [5.41, 5.74) is 8.08. The number of nitrogens with zero attached hydrogens (tertiary/aromatic N) is 2. The third-order valence-electron chi connectivity index (χ3n) is 4.64. The molecule has 0 spiro atoms. The van der Waals surface area contributed by atoms with Crippen LogP contribution in [0.2, 0.25) is 0 Å². The first-order valence-electron chi connectivity index (χ1n) is 8.49.